The van der Waals surface area contributed by atoms with E-state index in [9.17, 15) is 4.79 Å². The molecule has 1 saturated heterocycles. The van der Waals surface area contributed by atoms with Crippen molar-refractivity contribution < 1.29 is 13.7 Å². The zero-order chi connectivity index (χ0) is 19.0. The van der Waals surface area contributed by atoms with E-state index in [0.29, 0.717) is 24.5 Å². The summed E-state index contributed by atoms with van der Waals surface area (Å²) in [5.74, 6) is 0.0102. The summed E-state index contributed by atoms with van der Waals surface area (Å²) in [6, 6.07) is 11.0. The number of nitrogens with zero attached hydrogens (tertiary/aromatic N) is 5. The highest BCUT2D eigenvalue weighted by molar-refractivity contribution is 5.92. The summed E-state index contributed by atoms with van der Waals surface area (Å²) in [5, 5.41) is 8.10. The number of amides is 1. The van der Waals surface area contributed by atoms with Crippen LogP contribution < -0.4 is 0 Å². The van der Waals surface area contributed by atoms with E-state index in [0.717, 1.165) is 11.3 Å². The molecule has 3 aromatic rings. The summed E-state index contributed by atoms with van der Waals surface area (Å²) in [4.78, 5) is 18.6. The summed E-state index contributed by atoms with van der Waals surface area (Å²) in [5.41, 5.74) is 0.0768. The van der Waals surface area contributed by atoms with Crippen LogP contribution in [-0.4, -0.2) is 43.8 Å². The molecule has 4 rings (SSSR count). The molecule has 0 aliphatic carbocycles. The van der Waals surface area contributed by atoms with E-state index in [1.165, 1.54) is 9.58 Å². The second-order valence-electron chi connectivity index (χ2n) is 6.88. The number of hydrogen-bond acceptors (Lipinski definition) is 5. The van der Waals surface area contributed by atoms with Crippen LogP contribution in [0.5, 0.6) is 0 Å². The molecule has 7 nitrogen and oxygen atoms in total. The van der Waals surface area contributed by atoms with Gasteiger partial charge in [-0.2, -0.15) is 10.1 Å². The van der Waals surface area contributed by atoms with E-state index in [1.54, 1.807) is 13.1 Å². The number of alkyl halides is 1. The Morgan fingerprint density at radius 2 is 2.07 bits per heavy atom. The Morgan fingerprint density at radius 1 is 1.30 bits per heavy atom. The molecule has 1 fully saturated rings. The van der Waals surface area contributed by atoms with Crippen LogP contribution in [0, 0.1) is 6.92 Å². The lowest BCUT2D eigenvalue weighted by molar-refractivity contribution is 0.0147. The molecule has 2 aromatic heterocycles. The first kappa shape index (κ1) is 17.4. The van der Waals surface area contributed by atoms with Crippen LogP contribution in [0.25, 0.3) is 11.4 Å². The highest BCUT2D eigenvalue weighted by Gasteiger charge is 2.44. The lowest BCUT2D eigenvalue weighted by Gasteiger charge is -2.35. The first-order valence-electron chi connectivity index (χ1n) is 8.85. The van der Waals surface area contributed by atoms with Crippen molar-refractivity contribution in [3.05, 3.63) is 53.7 Å². The summed E-state index contributed by atoms with van der Waals surface area (Å²) >= 11 is 0. The minimum Gasteiger partial charge on any atom is -0.335 e. The molecule has 27 heavy (non-hydrogen) atoms. The van der Waals surface area contributed by atoms with Crippen LogP contribution in [0.1, 0.15) is 34.9 Å². The van der Waals surface area contributed by atoms with Crippen LogP contribution in [-0.2, 0) is 12.7 Å². The summed E-state index contributed by atoms with van der Waals surface area (Å²) in [7, 11) is 1.71. The average Bonchev–Trinajstić information content (AvgIpc) is 3.29. The largest absolute Gasteiger partial charge is 0.335 e. The van der Waals surface area contributed by atoms with Crippen molar-refractivity contribution in [1.82, 2.24) is 24.8 Å². The third-order valence-electron chi connectivity index (χ3n) is 4.79. The molecular formula is C19H20FN5O2. The highest BCUT2D eigenvalue weighted by atomic mass is 19.1. The molecule has 0 N–H and O–H groups in total. The molecule has 1 aromatic carbocycles. The Bertz CT molecular complexity index is 968. The Morgan fingerprint density at radius 3 is 2.78 bits per heavy atom. The highest BCUT2D eigenvalue weighted by Crippen LogP contribution is 2.36. The number of benzene rings is 1. The molecular weight excluding hydrogens is 349 g/mol. The maximum Gasteiger partial charge on any atom is 0.272 e. The number of halogens is 1. The van der Waals surface area contributed by atoms with E-state index in [1.807, 2.05) is 37.3 Å². The fraction of sp³-hybridized carbons (Fsp3) is 0.368. The molecule has 3 heterocycles. The van der Waals surface area contributed by atoms with Gasteiger partial charge in [-0.15, -0.1) is 0 Å². The standard InChI is InChI=1S/C19H20FN5O2/c1-13-11-15(24(2)22-13)17(26)25-10-6-9-19(20,12-25)18-21-16(23-27-18)14-7-4-3-5-8-14/h3-5,7-8,11H,6,9-10,12H2,1-2H3. The Labute approximate surface area is 155 Å². The van der Waals surface area contributed by atoms with E-state index >= 15 is 4.39 Å². The van der Waals surface area contributed by atoms with Gasteiger partial charge in [0.25, 0.3) is 11.8 Å². The average molecular weight is 369 g/mol. The van der Waals surface area contributed by atoms with Gasteiger partial charge in [0.05, 0.1) is 12.2 Å². The van der Waals surface area contributed by atoms with Gasteiger partial charge in [0.1, 0.15) is 5.69 Å². The first-order valence-corrected chi connectivity index (χ1v) is 8.85. The van der Waals surface area contributed by atoms with E-state index in [-0.39, 0.29) is 24.8 Å². The molecule has 1 aliphatic rings. The van der Waals surface area contributed by atoms with Gasteiger partial charge in [0.15, 0.2) is 0 Å². The van der Waals surface area contributed by atoms with Gasteiger partial charge >= 0.3 is 0 Å². The topological polar surface area (TPSA) is 77.0 Å². The Hall–Kier alpha value is -3.03. The fourth-order valence-electron chi connectivity index (χ4n) is 3.44. The van der Waals surface area contributed by atoms with Crippen molar-refractivity contribution in [1.29, 1.82) is 0 Å². The quantitative estimate of drug-likeness (QED) is 0.709. The second kappa shape index (κ2) is 6.61. The normalized spacial score (nSPS) is 20.0. The van der Waals surface area contributed by atoms with E-state index in [4.69, 9.17) is 4.52 Å². The number of carbonyl (C=O) groups excluding carboxylic acids is 1. The fourth-order valence-corrected chi connectivity index (χ4v) is 3.44. The lowest BCUT2D eigenvalue weighted by Crippen LogP contribution is -2.47. The Kier molecular flexibility index (Phi) is 4.25. The summed E-state index contributed by atoms with van der Waals surface area (Å²) < 4.78 is 22.4. The molecule has 0 saturated carbocycles. The van der Waals surface area contributed by atoms with Crippen LogP contribution in [0.15, 0.2) is 40.9 Å². The van der Waals surface area contributed by atoms with Gasteiger partial charge in [-0.25, -0.2) is 4.39 Å². The number of hydrogen-bond donors (Lipinski definition) is 0. The van der Waals surface area contributed by atoms with Crippen LogP contribution in [0.3, 0.4) is 0 Å². The third-order valence-corrected chi connectivity index (χ3v) is 4.79. The smallest absolute Gasteiger partial charge is 0.272 e. The van der Waals surface area contributed by atoms with Gasteiger partial charge in [0, 0.05) is 19.2 Å². The molecule has 0 radical (unpaired) electrons. The molecule has 8 heteroatoms. The summed E-state index contributed by atoms with van der Waals surface area (Å²) in [6.45, 7) is 2.18. The molecule has 0 spiro atoms. The molecule has 1 atom stereocenters. The SMILES string of the molecule is Cc1cc(C(=O)N2CCCC(F)(c3nc(-c4ccccc4)no3)C2)n(C)n1. The number of piperidine rings is 1. The minimum absolute atomic E-state index is 0.0833. The van der Waals surface area contributed by atoms with Crippen molar-refractivity contribution in [2.75, 3.05) is 13.1 Å². The predicted molar refractivity (Wildman–Crippen MR) is 95.6 cm³/mol. The van der Waals surface area contributed by atoms with Crippen LogP contribution in [0.2, 0.25) is 0 Å². The van der Waals surface area contributed by atoms with Crippen LogP contribution >= 0.6 is 0 Å². The first-order chi connectivity index (χ1) is 13.0. The number of aryl methyl sites for hydroxylation is 2. The zero-order valence-electron chi connectivity index (χ0n) is 15.2. The lowest BCUT2D eigenvalue weighted by atomic mass is 9.94. The zero-order valence-corrected chi connectivity index (χ0v) is 15.2. The van der Waals surface area contributed by atoms with Crippen molar-refractivity contribution in [3.63, 3.8) is 0 Å². The van der Waals surface area contributed by atoms with Crippen molar-refractivity contribution in [3.8, 4) is 11.4 Å². The van der Waals surface area contributed by atoms with Gasteiger partial charge in [-0.05, 0) is 25.8 Å². The van der Waals surface area contributed by atoms with Crippen molar-refractivity contribution in [2.45, 2.75) is 25.4 Å². The maximum absolute atomic E-state index is 15.7. The second-order valence-corrected chi connectivity index (χ2v) is 6.88. The number of likely N-dealkylation sites (tertiary alicyclic amines) is 1. The van der Waals surface area contributed by atoms with Gasteiger partial charge in [-0.3, -0.25) is 9.48 Å². The molecule has 0 bridgehead atoms. The summed E-state index contributed by atoms with van der Waals surface area (Å²) in [6.07, 6.45) is 0.750. The third kappa shape index (κ3) is 3.22. The van der Waals surface area contributed by atoms with Gasteiger partial charge in [0.2, 0.25) is 11.5 Å². The predicted octanol–water partition coefficient (Wildman–Crippen LogP) is 2.88. The Balaban J connectivity index is 1.57. The van der Waals surface area contributed by atoms with Crippen molar-refractivity contribution >= 4 is 5.91 Å². The van der Waals surface area contributed by atoms with Crippen LogP contribution in [0.4, 0.5) is 4.39 Å². The molecule has 140 valence electrons. The van der Waals surface area contributed by atoms with Crippen molar-refractivity contribution in [2.24, 2.45) is 7.05 Å². The van der Waals surface area contributed by atoms with Gasteiger partial charge < -0.3 is 9.42 Å². The van der Waals surface area contributed by atoms with Gasteiger partial charge in [-0.1, -0.05) is 35.5 Å². The minimum atomic E-state index is -1.86. The molecule has 1 amide bonds. The molecule has 1 unspecified atom stereocenters. The number of carbonyl (C=O) groups is 1. The van der Waals surface area contributed by atoms with E-state index < -0.39 is 5.67 Å². The monoisotopic (exact) mass is 369 g/mol. The molecule has 1 aliphatic heterocycles. The maximum atomic E-state index is 15.7. The van der Waals surface area contributed by atoms with E-state index in [2.05, 4.69) is 15.2 Å². The number of rotatable bonds is 3. The number of aromatic nitrogens is 4.